The van der Waals surface area contributed by atoms with Crippen molar-refractivity contribution in [2.75, 3.05) is 11.9 Å². The van der Waals surface area contributed by atoms with E-state index in [1.807, 2.05) is 30.3 Å². The van der Waals surface area contributed by atoms with E-state index in [4.69, 9.17) is 4.74 Å². The van der Waals surface area contributed by atoms with E-state index < -0.39 is 0 Å². The number of hydrogen-bond acceptors (Lipinski definition) is 4. The highest BCUT2D eigenvalue weighted by Crippen LogP contribution is 2.11. The second-order valence-electron chi connectivity index (χ2n) is 5.99. The van der Waals surface area contributed by atoms with Crippen LogP contribution in [0.3, 0.4) is 0 Å². The largest absolute Gasteiger partial charge is 0.466 e. The van der Waals surface area contributed by atoms with Gasteiger partial charge in [-0.1, -0.05) is 30.3 Å². The molecule has 0 fully saturated rings. The van der Waals surface area contributed by atoms with Gasteiger partial charge in [0.25, 0.3) is 0 Å². The minimum Gasteiger partial charge on any atom is -0.466 e. The van der Waals surface area contributed by atoms with Crippen molar-refractivity contribution in [2.24, 2.45) is 0 Å². The Kier molecular flexibility index (Phi) is 7.55. The van der Waals surface area contributed by atoms with Crippen LogP contribution >= 0.6 is 0 Å². The fourth-order valence-corrected chi connectivity index (χ4v) is 2.41. The Hall–Kier alpha value is -2.95. The summed E-state index contributed by atoms with van der Waals surface area (Å²) in [4.78, 5) is 34.8. The van der Waals surface area contributed by atoms with Crippen LogP contribution in [0.25, 0.3) is 0 Å². The highest BCUT2D eigenvalue weighted by atomic mass is 16.5. The summed E-state index contributed by atoms with van der Waals surface area (Å²) < 4.78 is 5.15. The summed E-state index contributed by atoms with van der Waals surface area (Å²) in [6.07, 6.45) is 1.71. The molecule has 5 heteroatoms. The third-order valence-corrected chi connectivity index (χ3v) is 3.85. The molecule has 0 aliphatic carbocycles. The number of benzene rings is 2. The predicted octanol–water partition coefficient (Wildman–Crippen LogP) is 3.78. The minimum absolute atomic E-state index is 0.0297. The van der Waals surface area contributed by atoms with Crippen molar-refractivity contribution < 1.29 is 19.1 Å². The molecular formula is C21H23NO4. The molecule has 0 saturated heterocycles. The predicted molar refractivity (Wildman–Crippen MR) is 100 cm³/mol. The molecule has 26 heavy (non-hydrogen) atoms. The molecule has 0 aromatic heterocycles. The van der Waals surface area contributed by atoms with Gasteiger partial charge in [0, 0.05) is 17.7 Å². The number of nitrogens with one attached hydrogen (secondary N) is 1. The second-order valence-corrected chi connectivity index (χ2v) is 5.99. The molecule has 2 aromatic rings. The zero-order valence-corrected chi connectivity index (χ0v) is 14.9. The summed E-state index contributed by atoms with van der Waals surface area (Å²) in [6.45, 7) is 1.83. The first-order chi connectivity index (χ1) is 12.5. The highest BCUT2D eigenvalue weighted by Gasteiger charge is 2.09. The Balaban J connectivity index is 1.62. The van der Waals surface area contributed by atoms with Gasteiger partial charge in [-0.3, -0.25) is 14.4 Å². The third kappa shape index (κ3) is 6.89. The summed E-state index contributed by atoms with van der Waals surface area (Å²) in [5.74, 6) is -0.667. The molecule has 0 saturated carbocycles. The van der Waals surface area contributed by atoms with Crippen LogP contribution in [0, 0.1) is 0 Å². The molecule has 2 rings (SSSR count). The number of ketones is 1. The standard InChI is InChI=1S/C21H23NO4/c1-16(23)18-9-11-19(12-10-18)22-20(24)13-14-21(25)26-15-5-8-17-6-3-2-4-7-17/h2-4,6-7,9-12H,5,8,13-15H2,1H3,(H,22,24). The first kappa shape index (κ1) is 19.4. The molecule has 0 unspecified atom stereocenters. The van der Waals surface area contributed by atoms with Gasteiger partial charge in [-0.15, -0.1) is 0 Å². The van der Waals surface area contributed by atoms with Gasteiger partial charge in [0.15, 0.2) is 5.78 Å². The van der Waals surface area contributed by atoms with E-state index in [9.17, 15) is 14.4 Å². The van der Waals surface area contributed by atoms with E-state index in [-0.39, 0.29) is 30.5 Å². The van der Waals surface area contributed by atoms with Gasteiger partial charge in [-0.05, 0) is 49.6 Å². The molecule has 1 amide bonds. The lowest BCUT2D eigenvalue weighted by molar-refractivity contribution is -0.144. The van der Waals surface area contributed by atoms with Gasteiger partial charge in [0.2, 0.25) is 5.91 Å². The van der Waals surface area contributed by atoms with Gasteiger partial charge in [0.05, 0.1) is 13.0 Å². The molecule has 0 aliphatic rings. The number of rotatable bonds is 9. The Labute approximate surface area is 153 Å². The van der Waals surface area contributed by atoms with Crippen molar-refractivity contribution in [1.82, 2.24) is 0 Å². The van der Waals surface area contributed by atoms with Crippen molar-refractivity contribution in [3.05, 3.63) is 65.7 Å². The van der Waals surface area contributed by atoms with Crippen LogP contribution in [0.5, 0.6) is 0 Å². The molecule has 1 N–H and O–H groups in total. The van der Waals surface area contributed by atoms with Crippen molar-refractivity contribution in [2.45, 2.75) is 32.6 Å². The molecule has 0 radical (unpaired) electrons. The molecule has 0 heterocycles. The number of aryl methyl sites for hydroxylation is 1. The minimum atomic E-state index is -0.375. The van der Waals surface area contributed by atoms with Gasteiger partial charge < -0.3 is 10.1 Å². The van der Waals surface area contributed by atoms with Crippen LogP contribution in [-0.4, -0.2) is 24.3 Å². The van der Waals surface area contributed by atoms with E-state index in [1.54, 1.807) is 24.3 Å². The lowest BCUT2D eigenvalue weighted by Crippen LogP contribution is -2.15. The second kappa shape index (κ2) is 10.1. The van der Waals surface area contributed by atoms with E-state index >= 15 is 0 Å². The van der Waals surface area contributed by atoms with E-state index in [1.165, 1.54) is 12.5 Å². The quantitative estimate of drug-likeness (QED) is 0.423. The number of hydrogen-bond donors (Lipinski definition) is 1. The average Bonchev–Trinajstić information content (AvgIpc) is 2.65. The topological polar surface area (TPSA) is 72.5 Å². The summed E-state index contributed by atoms with van der Waals surface area (Å²) in [6, 6.07) is 16.6. The zero-order chi connectivity index (χ0) is 18.8. The van der Waals surface area contributed by atoms with E-state index in [0.717, 1.165) is 12.8 Å². The van der Waals surface area contributed by atoms with Crippen LogP contribution in [0.15, 0.2) is 54.6 Å². The summed E-state index contributed by atoms with van der Waals surface area (Å²) >= 11 is 0. The molecule has 0 spiro atoms. The van der Waals surface area contributed by atoms with Crippen LogP contribution in [-0.2, 0) is 20.7 Å². The smallest absolute Gasteiger partial charge is 0.306 e. The maximum absolute atomic E-state index is 11.9. The van der Waals surface area contributed by atoms with Crippen LogP contribution in [0.1, 0.15) is 42.1 Å². The fraction of sp³-hybridized carbons (Fsp3) is 0.286. The summed E-state index contributed by atoms with van der Waals surface area (Å²) in [5.41, 5.74) is 2.39. The SMILES string of the molecule is CC(=O)c1ccc(NC(=O)CCC(=O)OCCCc2ccccc2)cc1. The molecule has 2 aromatic carbocycles. The normalized spacial score (nSPS) is 10.2. The first-order valence-electron chi connectivity index (χ1n) is 8.65. The lowest BCUT2D eigenvalue weighted by atomic mass is 10.1. The van der Waals surface area contributed by atoms with Crippen molar-refractivity contribution in [3.8, 4) is 0 Å². The molecular weight excluding hydrogens is 330 g/mol. The maximum atomic E-state index is 11.9. The van der Waals surface area contributed by atoms with Crippen molar-refractivity contribution in [3.63, 3.8) is 0 Å². The number of Topliss-reactive ketones (excluding diaryl/α,β-unsaturated/α-hetero) is 1. The van der Waals surface area contributed by atoms with Crippen molar-refractivity contribution >= 4 is 23.3 Å². The number of amides is 1. The summed E-state index contributed by atoms with van der Waals surface area (Å²) in [5, 5.41) is 2.69. The monoisotopic (exact) mass is 353 g/mol. The van der Waals surface area contributed by atoms with Gasteiger partial charge in [0.1, 0.15) is 0 Å². The molecule has 5 nitrogen and oxygen atoms in total. The van der Waals surface area contributed by atoms with Gasteiger partial charge in [-0.2, -0.15) is 0 Å². The van der Waals surface area contributed by atoms with Crippen LogP contribution in [0.2, 0.25) is 0 Å². The molecule has 136 valence electrons. The van der Waals surface area contributed by atoms with Crippen LogP contribution < -0.4 is 5.32 Å². The van der Waals surface area contributed by atoms with E-state index in [0.29, 0.717) is 17.9 Å². The fourth-order valence-electron chi connectivity index (χ4n) is 2.41. The van der Waals surface area contributed by atoms with Crippen molar-refractivity contribution in [1.29, 1.82) is 0 Å². The molecule has 0 aliphatic heterocycles. The summed E-state index contributed by atoms with van der Waals surface area (Å²) in [7, 11) is 0. The lowest BCUT2D eigenvalue weighted by Gasteiger charge is -2.07. The average molecular weight is 353 g/mol. The number of ether oxygens (including phenoxy) is 1. The molecule has 0 atom stereocenters. The van der Waals surface area contributed by atoms with Crippen LogP contribution in [0.4, 0.5) is 5.69 Å². The van der Waals surface area contributed by atoms with Gasteiger partial charge >= 0.3 is 5.97 Å². The Morgan fingerprint density at radius 3 is 2.27 bits per heavy atom. The van der Waals surface area contributed by atoms with E-state index in [2.05, 4.69) is 5.32 Å². The highest BCUT2D eigenvalue weighted by molar-refractivity contribution is 5.96. The Morgan fingerprint density at radius 2 is 1.62 bits per heavy atom. The number of carbonyl (C=O) groups excluding carboxylic acids is 3. The maximum Gasteiger partial charge on any atom is 0.306 e. The molecule has 0 bridgehead atoms. The Morgan fingerprint density at radius 1 is 0.923 bits per heavy atom. The number of carbonyl (C=O) groups is 3. The Bertz CT molecular complexity index is 738. The zero-order valence-electron chi connectivity index (χ0n) is 14.9. The third-order valence-electron chi connectivity index (χ3n) is 3.85. The van der Waals surface area contributed by atoms with Gasteiger partial charge in [-0.25, -0.2) is 0 Å². The number of anilines is 1. The number of esters is 1. The first-order valence-corrected chi connectivity index (χ1v) is 8.65.